The van der Waals surface area contributed by atoms with Gasteiger partial charge in [-0.2, -0.15) is 0 Å². The van der Waals surface area contributed by atoms with Crippen LogP contribution in [0.25, 0.3) is 0 Å². The second kappa shape index (κ2) is 5.50. The molecule has 0 spiro atoms. The van der Waals surface area contributed by atoms with Crippen molar-refractivity contribution in [1.82, 2.24) is 10.3 Å². The number of rotatable bonds is 3. The van der Waals surface area contributed by atoms with E-state index in [-0.39, 0.29) is 0 Å². The van der Waals surface area contributed by atoms with Gasteiger partial charge in [0, 0.05) is 43.3 Å². The molecular formula is C14H23N3. The van der Waals surface area contributed by atoms with Gasteiger partial charge in [-0.25, -0.2) is 0 Å². The van der Waals surface area contributed by atoms with Crippen LogP contribution in [0.15, 0.2) is 12.3 Å². The third-order valence-electron chi connectivity index (χ3n) is 3.46. The zero-order valence-electron chi connectivity index (χ0n) is 11.2. The molecule has 2 rings (SSSR count). The Labute approximate surface area is 104 Å². The third-order valence-corrected chi connectivity index (χ3v) is 3.46. The van der Waals surface area contributed by atoms with Crippen LogP contribution in [0.1, 0.15) is 31.5 Å². The van der Waals surface area contributed by atoms with Crippen LogP contribution in [0.5, 0.6) is 0 Å². The molecule has 1 N–H and O–H groups in total. The van der Waals surface area contributed by atoms with E-state index in [1.54, 1.807) is 0 Å². The number of aryl methyl sites for hydroxylation is 1. The number of nitrogens with zero attached hydrogens (tertiary/aromatic N) is 2. The standard InChI is InChI=1S/C14H23N3/c1-4-5-13-12(3)16-7-6-14(13)17-9-8-15-11(2)10-17/h6-7,11,15H,4-5,8-10H2,1-3H3/t11-/m0/s1. The van der Waals surface area contributed by atoms with Crippen molar-refractivity contribution < 1.29 is 0 Å². The van der Waals surface area contributed by atoms with E-state index < -0.39 is 0 Å². The van der Waals surface area contributed by atoms with Gasteiger partial charge < -0.3 is 10.2 Å². The second-order valence-corrected chi connectivity index (χ2v) is 4.95. The highest BCUT2D eigenvalue weighted by molar-refractivity contribution is 5.55. The van der Waals surface area contributed by atoms with Crippen molar-refractivity contribution in [3.05, 3.63) is 23.5 Å². The molecule has 0 unspecified atom stereocenters. The first-order chi connectivity index (χ1) is 8.22. The van der Waals surface area contributed by atoms with Crippen molar-refractivity contribution in [3.8, 4) is 0 Å². The Hall–Kier alpha value is -1.09. The summed E-state index contributed by atoms with van der Waals surface area (Å²) in [6.45, 7) is 9.88. The first kappa shape index (κ1) is 12.4. The fourth-order valence-corrected chi connectivity index (χ4v) is 2.59. The van der Waals surface area contributed by atoms with E-state index in [2.05, 4.69) is 42.0 Å². The Morgan fingerprint density at radius 2 is 2.35 bits per heavy atom. The van der Waals surface area contributed by atoms with Crippen molar-refractivity contribution >= 4 is 5.69 Å². The van der Waals surface area contributed by atoms with Gasteiger partial charge in [-0.3, -0.25) is 4.98 Å². The SMILES string of the molecule is CCCc1c(N2CCN[C@@H](C)C2)ccnc1C. The first-order valence-corrected chi connectivity index (χ1v) is 6.65. The number of pyridine rings is 1. The summed E-state index contributed by atoms with van der Waals surface area (Å²) in [5, 5.41) is 3.49. The zero-order chi connectivity index (χ0) is 12.3. The van der Waals surface area contributed by atoms with E-state index in [0.29, 0.717) is 6.04 Å². The van der Waals surface area contributed by atoms with Gasteiger partial charge in [0.05, 0.1) is 0 Å². The molecule has 1 atom stereocenters. The summed E-state index contributed by atoms with van der Waals surface area (Å²) in [4.78, 5) is 6.93. The highest BCUT2D eigenvalue weighted by atomic mass is 15.2. The van der Waals surface area contributed by atoms with Gasteiger partial charge in [-0.1, -0.05) is 13.3 Å². The average Bonchev–Trinajstić information content (AvgIpc) is 2.32. The predicted octanol–water partition coefficient (Wildman–Crippen LogP) is 2.14. The Morgan fingerprint density at radius 3 is 3.06 bits per heavy atom. The molecular weight excluding hydrogens is 210 g/mol. The van der Waals surface area contributed by atoms with Crippen LogP contribution in [0.2, 0.25) is 0 Å². The second-order valence-electron chi connectivity index (χ2n) is 4.95. The Morgan fingerprint density at radius 1 is 1.53 bits per heavy atom. The molecule has 0 saturated carbocycles. The molecule has 1 aliphatic heterocycles. The molecule has 0 aromatic carbocycles. The lowest BCUT2D eigenvalue weighted by atomic mass is 10.0. The Balaban J connectivity index is 2.27. The smallest absolute Gasteiger partial charge is 0.0433 e. The molecule has 1 aliphatic rings. The molecule has 94 valence electrons. The summed E-state index contributed by atoms with van der Waals surface area (Å²) in [5.74, 6) is 0. The zero-order valence-corrected chi connectivity index (χ0v) is 11.2. The maximum atomic E-state index is 4.43. The fourth-order valence-electron chi connectivity index (χ4n) is 2.59. The number of aromatic nitrogens is 1. The molecule has 1 aromatic heterocycles. The summed E-state index contributed by atoms with van der Waals surface area (Å²) in [5.41, 5.74) is 4.02. The van der Waals surface area contributed by atoms with Crippen LogP contribution < -0.4 is 10.2 Å². The van der Waals surface area contributed by atoms with Crippen LogP contribution in [0, 0.1) is 6.92 Å². The van der Waals surface area contributed by atoms with E-state index in [0.717, 1.165) is 26.1 Å². The van der Waals surface area contributed by atoms with E-state index in [1.807, 2.05) is 6.20 Å². The monoisotopic (exact) mass is 233 g/mol. The van der Waals surface area contributed by atoms with E-state index in [4.69, 9.17) is 0 Å². The topological polar surface area (TPSA) is 28.2 Å². The largest absolute Gasteiger partial charge is 0.368 e. The molecule has 2 heterocycles. The molecule has 0 bridgehead atoms. The quantitative estimate of drug-likeness (QED) is 0.867. The van der Waals surface area contributed by atoms with Gasteiger partial charge in [-0.15, -0.1) is 0 Å². The van der Waals surface area contributed by atoms with E-state index in [1.165, 1.54) is 23.4 Å². The fraction of sp³-hybridized carbons (Fsp3) is 0.643. The van der Waals surface area contributed by atoms with Gasteiger partial charge in [0.2, 0.25) is 0 Å². The normalized spacial score (nSPS) is 20.6. The molecule has 0 radical (unpaired) electrons. The number of hydrogen-bond acceptors (Lipinski definition) is 3. The molecule has 0 amide bonds. The minimum atomic E-state index is 0.576. The first-order valence-electron chi connectivity index (χ1n) is 6.65. The van der Waals surface area contributed by atoms with Crippen LogP contribution in [-0.4, -0.2) is 30.7 Å². The third kappa shape index (κ3) is 2.78. The lowest BCUT2D eigenvalue weighted by Crippen LogP contribution is -2.49. The number of nitrogens with one attached hydrogen (secondary N) is 1. The molecule has 17 heavy (non-hydrogen) atoms. The summed E-state index contributed by atoms with van der Waals surface area (Å²) in [6.07, 6.45) is 4.25. The van der Waals surface area contributed by atoms with Crippen molar-refractivity contribution in [1.29, 1.82) is 0 Å². The molecule has 1 fully saturated rings. The highest BCUT2D eigenvalue weighted by Crippen LogP contribution is 2.24. The summed E-state index contributed by atoms with van der Waals surface area (Å²) in [6, 6.07) is 2.75. The minimum Gasteiger partial charge on any atom is -0.368 e. The van der Waals surface area contributed by atoms with Crippen LogP contribution in [-0.2, 0) is 6.42 Å². The number of anilines is 1. The minimum absolute atomic E-state index is 0.576. The maximum absolute atomic E-state index is 4.43. The van der Waals surface area contributed by atoms with E-state index in [9.17, 15) is 0 Å². The van der Waals surface area contributed by atoms with Crippen LogP contribution >= 0.6 is 0 Å². The van der Waals surface area contributed by atoms with Crippen molar-refractivity contribution in [2.45, 2.75) is 39.7 Å². The lowest BCUT2D eigenvalue weighted by Gasteiger charge is -2.35. The van der Waals surface area contributed by atoms with Crippen molar-refractivity contribution in [2.24, 2.45) is 0 Å². The molecule has 3 nitrogen and oxygen atoms in total. The molecule has 1 saturated heterocycles. The Kier molecular flexibility index (Phi) is 4.00. The van der Waals surface area contributed by atoms with Crippen molar-refractivity contribution in [2.75, 3.05) is 24.5 Å². The number of piperazine rings is 1. The number of hydrogen-bond donors (Lipinski definition) is 1. The summed E-state index contributed by atoms with van der Waals surface area (Å²) >= 11 is 0. The summed E-state index contributed by atoms with van der Waals surface area (Å²) in [7, 11) is 0. The lowest BCUT2D eigenvalue weighted by molar-refractivity contribution is 0.484. The highest BCUT2D eigenvalue weighted by Gasteiger charge is 2.18. The Bertz CT molecular complexity index is 376. The van der Waals surface area contributed by atoms with Gasteiger partial charge in [0.1, 0.15) is 0 Å². The molecule has 1 aromatic rings. The van der Waals surface area contributed by atoms with Crippen LogP contribution in [0.3, 0.4) is 0 Å². The summed E-state index contributed by atoms with van der Waals surface area (Å²) < 4.78 is 0. The van der Waals surface area contributed by atoms with Gasteiger partial charge in [0.15, 0.2) is 0 Å². The maximum Gasteiger partial charge on any atom is 0.0433 e. The van der Waals surface area contributed by atoms with Gasteiger partial charge in [0.25, 0.3) is 0 Å². The van der Waals surface area contributed by atoms with E-state index >= 15 is 0 Å². The predicted molar refractivity (Wildman–Crippen MR) is 72.6 cm³/mol. The molecule has 0 aliphatic carbocycles. The van der Waals surface area contributed by atoms with Crippen molar-refractivity contribution in [3.63, 3.8) is 0 Å². The molecule has 3 heteroatoms. The van der Waals surface area contributed by atoms with Gasteiger partial charge in [-0.05, 0) is 31.9 Å². The van der Waals surface area contributed by atoms with Gasteiger partial charge >= 0.3 is 0 Å². The average molecular weight is 233 g/mol. The van der Waals surface area contributed by atoms with Crippen LogP contribution in [0.4, 0.5) is 5.69 Å².